The van der Waals surface area contributed by atoms with Crippen LogP contribution in [0.5, 0.6) is 0 Å². The Morgan fingerprint density at radius 3 is 2.56 bits per heavy atom. The first-order chi connectivity index (χ1) is 4.17. The van der Waals surface area contributed by atoms with Gasteiger partial charge in [0.15, 0.2) is 0 Å². The van der Waals surface area contributed by atoms with Gasteiger partial charge in [-0.2, -0.15) is 0 Å². The van der Waals surface area contributed by atoms with Crippen LogP contribution >= 0.6 is 0 Å². The quantitative estimate of drug-likeness (QED) is 0.529. The highest BCUT2D eigenvalue weighted by molar-refractivity contribution is 5.49. The molecule has 0 radical (unpaired) electrons. The van der Waals surface area contributed by atoms with E-state index in [9.17, 15) is 4.79 Å². The molecule has 52 valence electrons. The Bertz CT molecular complexity index is 116. The summed E-state index contributed by atoms with van der Waals surface area (Å²) in [6.45, 7) is 4.53. The molecule has 1 heteroatoms. The van der Waals surface area contributed by atoms with Crippen LogP contribution in [-0.4, -0.2) is 6.29 Å². The van der Waals surface area contributed by atoms with E-state index in [1.165, 1.54) is 6.42 Å². The molecule has 0 amide bonds. The van der Waals surface area contributed by atoms with Gasteiger partial charge in [-0.25, -0.2) is 0 Å². The van der Waals surface area contributed by atoms with E-state index in [2.05, 4.69) is 13.8 Å². The van der Waals surface area contributed by atoms with Crippen LogP contribution in [0, 0.1) is 11.3 Å². The van der Waals surface area contributed by atoms with Gasteiger partial charge in [-0.15, -0.1) is 0 Å². The average molecular weight is 126 g/mol. The van der Waals surface area contributed by atoms with E-state index in [1.807, 2.05) is 0 Å². The molecule has 0 aromatic heterocycles. The highest BCUT2D eigenvalue weighted by atomic mass is 16.1. The molecule has 1 unspecified atom stereocenters. The standard InChI is InChI=1S/C8H14O/c1-8(2)6-7(8)4-3-5-9/h5,7H,3-4,6H2,1-2H3. The van der Waals surface area contributed by atoms with E-state index in [4.69, 9.17) is 0 Å². The molecule has 1 aliphatic carbocycles. The van der Waals surface area contributed by atoms with Gasteiger partial charge in [0.1, 0.15) is 6.29 Å². The Morgan fingerprint density at radius 2 is 2.22 bits per heavy atom. The van der Waals surface area contributed by atoms with Crippen LogP contribution in [0.4, 0.5) is 0 Å². The predicted molar refractivity (Wildman–Crippen MR) is 37.2 cm³/mol. The van der Waals surface area contributed by atoms with Gasteiger partial charge < -0.3 is 4.79 Å². The lowest BCUT2D eigenvalue weighted by Crippen LogP contribution is -1.89. The number of hydrogen-bond acceptors (Lipinski definition) is 1. The monoisotopic (exact) mass is 126 g/mol. The summed E-state index contributed by atoms with van der Waals surface area (Å²) in [7, 11) is 0. The van der Waals surface area contributed by atoms with Crippen molar-refractivity contribution in [2.75, 3.05) is 0 Å². The second kappa shape index (κ2) is 2.13. The van der Waals surface area contributed by atoms with Crippen molar-refractivity contribution in [3.05, 3.63) is 0 Å². The van der Waals surface area contributed by atoms with Crippen LogP contribution < -0.4 is 0 Å². The summed E-state index contributed by atoms with van der Waals surface area (Å²) in [6.07, 6.45) is 4.21. The van der Waals surface area contributed by atoms with Crippen LogP contribution in [0.25, 0.3) is 0 Å². The zero-order chi connectivity index (χ0) is 6.91. The molecule has 1 aliphatic rings. The lowest BCUT2D eigenvalue weighted by Gasteiger charge is -1.97. The minimum absolute atomic E-state index is 0.559. The summed E-state index contributed by atoms with van der Waals surface area (Å²) >= 11 is 0. The van der Waals surface area contributed by atoms with Gasteiger partial charge in [-0.3, -0.25) is 0 Å². The van der Waals surface area contributed by atoms with Gasteiger partial charge in [0.25, 0.3) is 0 Å². The van der Waals surface area contributed by atoms with Crippen LogP contribution in [-0.2, 0) is 4.79 Å². The molecule has 1 saturated carbocycles. The van der Waals surface area contributed by atoms with Crippen LogP contribution in [0.1, 0.15) is 33.1 Å². The Kier molecular flexibility index (Phi) is 1.60. The zero-order valence-electron chi connectivity index (χ0n) is 6.18. The molecule has 0 bridgehead atoms. The van der Waals surface area contributed by atoms with E-state index < -0.39 is 0 Å². The highest BCUT2D eigenvalue weighted by Gasteiger charge is 2.44. The van der Waals surface area contributed by atoms with Crippen molar-refractivity contribution in [1.82, 2.24) is 0 Å². The molecule has 1 nitrogen and oxygen atoms in total. The summed E-state index contributed by atoms with van der Waals surface area (Å²) in [4.78, 5) is 9.95. The maximum atomic E-state index is 9.95. The van der Waals surface area contributed by atoms with E-state index in [0.717, 1.165) is 25.0 Å². The molecule has 0 N–H and O–H groups in total. The molecular formula is C8H14O. The van der Waals surface area contributed by atoms with Crippen molar-refractivity contribution in [2.45, 2.75) is 33.1 Å². The van der Waals surface area contributed by atoms with Gasteiger partial charge in [-0.05, 0) is 24.2 Å². The molecule has 1 atom stereocenters. The third-order valence-corrected chi connectivity index (χ3v) is 2.35. The third kappa shape index (κ3) is 1.54. The fourth-order valence-corrected chi connectivity index (χ4v) is 1.34. The Labute approximate surface area is 56.4 Å². The van der Waals surface area contributed by atoms with Gasteiger partial charge in [0.05, 0.1) is 0 Å². The van der Waals surface area contributed by atoms with Crippen molar-refractivity contribution >= 4 is 6.29 Å². The van der Waals surface area contributed by atoms with E-state index in [0.29, 0.717) is 5.41 Å². The molecule has 0 spiro atoms. The maximum Gasteiger partial charge on any atom is 0.120 e. The second-order valence-electron chi connectivity index (χ2n) is 3.63. The molecule has 0 aliphatic heterocycles. The number of carbonyl (C=O) groups excluding carboxylic acids is 1. The number of rotatable bonds is 3. The SMILES string of the molecule is CC1(C)CC1CCC=O. The van der Waals surface area contributed by atoms with Crippen molar-refractivity contribution in [1.29, 1.82) is 0 Å². The minimum atomic E-state index is 0.559. The molecule has 0 saturated heterocycles. The van der Waals surface area contributed by atoms with Crippen LogP contribution in [0.15, 0.2) is 0 Å². The van der Waals surface area contributed by atoms with E-state index >= 15 is 0 Å². The van der Waals surface area contributed by atoms with Gasteiger partial charge >= 0.3 is 0 Å². The summed E-state index contributed by atoms with van der Waals surface area (Å²) in [5.74, 6) is 0.836. The molecule has 0 aromatic rings. The Morgan fingerprint density at radius 1 is 1.67 bits per heavy atom. The van der Waals surface area contributed by atoms with Crippen LogP contribution in [0.3, 0.4) is 0 Å². The fraction of sp³-hybridized carbons (Fsp3) is 0.875. The summed E-state index contributed by atoms with van der Waals surface area (Å²) in [6, 6.07) is 0. The number of hydrogen-bond donors (Lipinski definition) is 0. The van der Waals surface area contributed by atoms with E-state index in [-0.39, 0.29) is 0 Å². The van der Waals surface area contributed by atoms with Gasteiger partial charge in [0, 0.05) is 6.42 Å². The summed E-state index contributed by atoms with van der Waals surface area (Å²) in [5.41, 5.74) is 0.559. The molecule has 1 fully saturated rings. The lowest BCUT2D eigenvalue weighted by atomic mass is 10.1. The van der Waals surface area contributed by atoms with Crippen LogP contribution in [0.2, 0.25) is 0 Å². The average Bonchev–Trinajstić information content (AvgIpc) is 2.35. The molecule has 0 heterocycles. The normalized spacial score (nSPS) is 29.8. The Hall–Kier alpha value is -0.330. The first-order valence-electron chi connectivity index (χ1n) is 3.60. The molecule has 9 heavy (non-hydrogen) atoms. The van der Waals surface area contributed by atoms with Crippen molar-refractivity contribution in [3.63, 3.8) is 0 Å². The minimum Gasteiger partial charge on any atom is -0.303 e. The van der Waals surface area contributed by atoms with Gasteiger partial charge in [0.2, 0.25) is 0 Å². The molecular weight excluding hydrogens is 112 g/mol. The van der Waals surface area contributed by atoms with Gasteiger partial charge in [-0.1, -0.05) is 13.8 Å². The van der Waals surface area contributed by atoms with E-state index in [1.54, 1.807) is 0 Å². The summed E-state index contributed by atoms with van der Waals surface area (Å²) < 4.78 is 0. The van der Waals surface area contributed by atoms with Crippen molar-refractivity contribution in [2.24, 2.45) is 11.3 Å². The number of aldehydes is 1. The Balaban J connectivity index is 2.12. The smallest absolute Gasteiger partial charge is 0.120 e. The third-order valence-electron chi connectivity index (χ3n) is 2.35. The predicted octanol–water partition coefficient (Wildman–Crippen LogP) is 2.01. The first kappa shape index (κ1) is 6.79. The topological polar surface area (TPSA) is 17.1 Å². The molecule has 0 aromatic carbocycles. The van der Waals surface area contributed by atoms with Crippen molar-refractivity contribution < 1.29 is 4.79 Å². The first-order valence-corrected chi connectivity index (χ1v) is 3.60. The molecule has 1 rings (SSSR count). The second-order valence-corrected chi connectivity index (χ2v) is 3.63. The maximum absolute atomic E-state index is 9.95. The largest absolute Gasteiger partial charge is 0.303 e. The summed E-state index contributed by atoms with van der Waals surface area (Å²) in [5, 5.41) is 0. The highest BCUT2D eigenvalue weighted by Crippen LogP contribution is 2.53. The zero-order valence-corrected chi connectivity index (χ0v) is 6.18. The number of carbonyl (C=O) groups is 1. The lowest BCUT2D eigenvalue weighted by molar-refractivity contribution is -0.108. The fourth-order valence-electron chi connectivity index (χ4n) is 1.34. The van der Waals surface area contributed by atoms with Crippen molar-refractivity contribution in [3.8, 4) is 0 Å².